The standard InChI is InChI=1S/C11H16Br2N2O/c1-8(2)16-4-3-14-7-11-10(13)5-9(12)6-15-11/h5-6,8,14H,3-4,7H2,1-2H3. The van der Waals surface area contributed by atoms with Crippen LogP contribution in [0.25, 0.3) is 0 Å². The van der Waals surface area contributed by atoms with Crippen molar-refractivity contribution in [1.29, 1.82) is 0 Å². The number of hydrogen-bond acceptors (Lipinski definition) is 3. The first kappa shape index (κ1) is 14.1. The Kier molecular flexibility index (Phi) is 6.49. The van der Waals surface area contributed by atoms with Crippen molar-refractivity contribution in [2.45, 2.75) is 26.5 Å². The summed E-state index contributed by atoms with van der Waals surface area (Å²) in [6.45, 7) is 6.38. The summed E-state index contributed by atoms with van der Waals surface area (Å²) in [6.07, 6.45) is 2.09. The van der Waals surface area contributed by atoms with Crippen LogP contribution in [0.15, 0.2) is 21.2 Å². The number of hydrogen-bond donors (Lipinski definition) is 1. The highest BCUT2D eigenvalue weighted by Crippen LogP contribution is 2.19. The zero-order valence-corrected chi connectivity index (χ0v) is 12.6. The average Bonchev–Trinajstić information content (AvgIpc) is 2.20. The molecule has 0 unspecified atom stereocenters. The largest absolute Gasteiger partial charge is 0.377 e. The van der Waals surface area contributed by atoms with Crippen LogP contribution in [0.5, 0.6) is 0 Å². The summed E-state index contributed by atoms with van der Waals surface area (Å²) in [5.74, 6) is 0. The van der Waals surface area contributed by atoms with Crippen LogP contribution in [-0.2, 0) is 11.3 Å². The third-order valence-corrected chi connectivity index (χ3v) is 3.03. The van der Waals surface area contributed by atoms with E-state index in [0.29, 0.717) is 6.10 Å². The molecule has 0 fully saturated rings. The fourth-order valence-electron chi connectivity index (χ4n) is 1.15. The first-order valence-corrected chi connectivity index (χ1v) is 6.80. The van der Waals surface area contributed by atoms with Crippen LogP contribution in [0.3, 0.4) is 0 Å². The highest BCUT2D eigenvalue weighted by Gasteiger charge is 2.01. The molecule has 1 heterocycles. The first-order chi connectivity index (χ1) is 7.59. The molecule has 0 atom stereocenters. The van der Waals surface area contributed by atoms with Crippen molar-refractivity contribution in [2.24, 2.45) is 0 Å². The second-order valence-electron chi connectivity index (χ2n) is 3.68. The highest BCUT2D eigenvalue weighted by molar-refractivity contribution is 9.11. The lowest BCUT2D eigenvalue weighted by molar-refractivity contribution is 0.0806. The topological polar surface area (TPSA) is 34.1 Å². The van der Waals surface area contributed by atoms with Gasteiger partial charge in [0.1, 0.15) is 0 Å². The van der Waals surface area contributed by atoms with E-state index in [-0.39, 0.29) is 0 Å². The maximum Gasteiger partial charge on any atom is 0.0684 e. The summed E-state index contributed by atoms with van der Waals surface area (Å²) in [7, 11) is 0. The number of halogens is 2. The molecule has 0 spiro atoms. The van der Waals surface area contributed by atoms with E-state index in [1.165, 1.54) is 0 Å². The minimum absolute atomic E-state index is 0.291. The molecule has 1 N–H and O–H groups in total. The molecule has 0 aromatic carbocycles. The van der Waals surface area contributed by atoms with Crippen molar-refractivity contribution >= 4 is 31.9 Å². The Morgan fingerprint density at radius 2 is 2.19 bits per heavy atom. The number of ether oxygens (including phenoxy) is 1. The molecule has 0 aliphatic carbocycles. The van der Waals surface area contributed by atoms with Gasteiger partial charge < -0.3 is 10.1 Å². The van der Waals surface area contributed by atoms with Gasteiger partial charge in [-0.1, -0.05) is 0 Å². The zero-order valence-electron chi connectivity index (χ0n) is 9.46. The summed E-state index contributed by atoms with van der Waals surface area (Å²) in [5.41, 5.74) is 1.01. The van der Waals surface area contributed by atoms with Gasteiger partial charge in [0.15, 0.2) is 0 Å². The van der Waals surface area contributed by atoms with Crippen LogP contribution in [0.2, 0.25) is 0 Å². The number of nitrogens with one attached hydrogen (secondary N) is 1. The molecule has 0 amide bonds. The smallest absolute Gasteiger partial charge is 0.0684 e. The van der Waals surface area contributed by atoms with E-state index in [1.807, 2.05) is 19.9 Å². The third-order valence-electron chi connectivity index (χ3n) is 1.91. The van der Waals surface area contributed by atoms with Crippen molar-refractivity contribution in [3.05, 3.63) is 26.9 Å². The second kappa shape index (κ2) is 7.37. The van der Waals surface area contributed by atoms with E-state index in [1.54, 1.807) is 6.20 Å². The molecule has 0 saturated carbocycles. The van der Waals surface area contributed by atoms with Crippen molar-refractivity contribution in [1.82, 2.24) is 10.3 Å². The van der Waals surface area contributed by atoms with Crippen LogP contribution >= 0.6 is 31.9 Å². The molecule has 90 valence electrons. The monoisotopic (exact) mass is 350 g/mol. The lowest BCUT2D eigenvalue weighted by Gasteiger charge is -2.09. The molecule has 0 radical (unpaired) electrons. The number of aromatic nitrogens is 1. The molecule has 0 aliphatic heterocycles. The van der Waals surface area contributed by atoms with E-state index in [0.717, 1.165) is 34.3 Å². The fourth-order valence-corrected chi connectivity index (χ4v) is 2.27. The van der Waals surface area contributed by atoms with Gasteiger partial charge in [0, 0.05) is 28.2 Å². The average molecular weight is 352 g/mol. The number of pyridine rings is 1. The summed E-state index contributed by atoms with van der Waals surface area (Å²) >= 11 is 6.85. The van der Waals surface area contributed by atoms with E-state index >= 15 is 0 Å². The molecule has 0 bridgehead atoms. The first-order valence-electron chi connectivity index (χ1n) is 5.22. The predicted octanol–water partition coefficient (Wildman–Crippen LogP) is 3.12. The van der Waals surface area contributed by atoms with Gasteiger partial charge in [-0.3, -0.25) is 4.98 Å². The van der Waals surface area contributed by atoms with Crippen LogP contribution in [0, 0.1) is 0 Å². The summed E-state index contributed by atoms with van der Waals surface area (Å²) in [5, 5.41) is 3.28. The number of rotatable bonds is 6. The van der Waals surface area contributed by atoms with Crippen LogP contribution in [0.4, 0.5) is 0 Å². The van der Waals surface area contributed by atoms with Gasteiger partial charge >= 0.3 is 0 Å². The Labute approximate surface area is 113 Å². The summed E-state index contributed by atoms with van der Waals surface area (Å²) in [4.78, 5) is 4.31. The maximum absolute atomic E-state index is 5.43. The molecule has 1 rings (SSSR count). The molecular weight excluding hydrogens is 336 g/mol. The van der Waals surface area contributed by atoms with Crippen LogP contribution < -0.4 is 5.32 Å². The molecule has 1 aromatic rings. The van der Waals surface area contributed by atoms with Gasteiger partial charge in [-0.2, -0.15) is 0 Å². The minimum atomic E-state index is 0.291. The van der Waals surface area contributed by atoms with Gasteiger partial charge in [0.2, 0.25) is 0 Å². The zero-order chi connectivity index (χ0) is 12.0. The van der Waals surface area contributed by atoms with Gasteiger partial charge in [0.25, 0.3) is 0 Å². The normalized spacial score (nSPS) is 11.1. The van der Waals surface area contributed by atoms with E-state index in [2.05, 4.69) is 42.2 Å². The Hall–Kier alpha value is 0.0300. The van der Waals surface area contributed by atoms with E-state index < -0.39 is 0 Å². The van der Waals surface area contributed by atoms with Gasteiger partial charge in [-0.15, -0.1) is 0 Å². The molecule has 5 heteroatoms. The van der Waals surface area contributed by atoms with E-state index in [4.69, 9.17) is 4.74 Å². The van der Waals surface area contributed by atoms with Crippen molar-refractivity contribution in [3.63, 3.8) is 0 Å². The second-order valence-corrected chi connectivity index (χ2v) is 5.45. The Bertz CT molecular complexity index is 332. The fraction of sp³-hybridized carbons (Fsp3) is 0.545. The maximum atomic E-state index is 5.43. The lowest BCUT2D eigenvalue weighted by Crippen LogP contribution is -2.21. The van der Waals surface area contributed by atoms with Gasteiger partial charge in [-0.25, -0.2) is 0 Å². The minimum Gasteiger partial charge on any atom is -0.377 e. The van der Waals surface area contributed by atoms with Gasteiger partial charge in [0.05, 0.1) is 18.4 Å². The highest BCUT2D eigenvalue weighted by atomic mass is 79.9. The molecule has 1 aromatic heterocycles. The Morgan fingerprint density at radius 1 is 1.44 bits per heavy atom. The number of nitrogens with zero attached hydrogens (tertiary/aromatic N) is 1. The summed E-state index contributed by atoms with van der Waals surface area (Å²) < 4.78 is 7.42. The molecular formula is C11H16Br2N2O. The molecule has 16 heavy (non-hydrogen) atoms. The summed E-state index contributed by atoms with van der Waals surface area (Å²) in [6, 6.07) is 1.99. The quantitative estimate of drug-likeness (QED) is 0.799. The van der Waals surface area contributed by atoms with Crippen molar-refractivity contribution in [2.75, 3.05) is 13.2 Å². The van der Waals surface area contributed by atoms with E-state index in [9.17, 15) is 0 Å². The molecule has 3 nitrogen and oxygen atoms in total. The Balaban J connectivity index is 2.27. The predicted molar refractivity (Wildman–Crippen MR) is 72.4 cm³/mol. The van der Waals surface area contributed by atoms with Gasteiger partial charge in [-0.05, 0) is 51.8 Å². The Morgan fingerprint density at radius 3 is 2.81 bits per heavy atom. The van der Waals surface area contributed by atoms with Crippen LogP contribution in [-0.4, -0.2) is 24.2 Å². The van der Waals surface area contributed by atoms with Crippen molar-refractivity contribution < 1.29 is 4.74 Å². The molecule has 0 saturated heterocycles. The van der Waals surface area contributed by atoms with Crippen molar-refractivity contribution in [3.8, 4) is 0 Å². The third kappa shape index (κ3) is 5.39. The lowest BCUT2D eigenvalue weighted by atomic mass is 10.3. The SMILES string of the molecule is CC(C)OCCNCc1ncc(Br)cc1Br. The van der Waals surface area contributed by atoms with Crippen LogP contribution in [0.1, 0.15) is 19.5 Å². The molecule has 0 aliphatic rings.